The topological polar surface area (TPSA) is 70.1 Å². The summed E-state index contributed by atoms with van der Waals surface area (Å²) in [5.74, 6) is 1.02. The Morgan fingerprint density at radius 3 is 2.71 bits per heavy atom. The molecule has 0 spiro atoms. The molecule has 1 unspecified atom stereocenters. The first-order valence-electron chi connectivity index (χ1n) is 6.75. The van der Waals surface area contributed by atoms with Crippen LogP contribution < -0.4 is 10.5 Å². The van der Waals surface area contributed by atoms with Crippen LogP contribution in [0.5, 0.6) is 5.75 Å². The normalized spacial score (nSPS) is 13.4. The third kappa shape index (κ3) is 2.83. The van der Waals surface area contributed by atoms with Gasteiger partial charge in [0.15, 0.2) is 0 Å². The highest BCUT2D eigenvalue weighted by Crippen LogP contribution is 2.32. The van der Waals surface area contributed by atoms with Gasteiger partial charge in [-0.2, -0.15) is 0 Å². The number of imidazole rings is 1. The molecule has 0 saturated carbocycles. The molecule has 1 aromatic heterocycles. The molecule has 21 heavy (non-hydrogen) atoms. The minimum absolute atomic E-state index is 0.286. The molecule has 2 N–H and O–H groups in total. The van der Waals surface area contributed by atoms with Gasteiger partial charge >= 0.3 is 0 Å². The van der Waals surface area contributed by atoms with Crippen molar-refractivity contribution in [2.45, 2.75) is 32.7 Å². The van der Waals surface area contributed by atoms with Crippen molar-refractivity contribution in [1.82, 2.24) is 9.55 Å². The number of aromatic nitrogens is 2. The van der Waals surface area contributed by atoms with Crippen LogP contribution >= 0.6 is 11.6 Å². The smallest absolute Gasteiger partial charge is 0.224 e. The van der Waals surface area contributed by atoms with E-state index in [1.165, 1.54) is 0 Å². The second-order valence-corrected chi connectivity index (χ2v) is 6.40. The van der Waals surface area contributed by atoms with Gasteiger partial charge in [-0.3, -0.25) is 4.79 Å². The lowest BCUT2D eigenvalue weighted by molar-refractivity contribution is -0.126. The van der Waals surface area contributed by atoms with Gasteiger partial charge in [0.2, 0.25) is 5.91 Å². The van der Waals surface area contributed by atoms with E-state index < -0.39 is 5.41 Å². The Bertz CT molecular complexity index is 677. The first-order valence-corrected chi connectivity index (χ1v) is 7.18. The van der Waals surface area contributed by atoms with Crippen LogP contribution in [0.1, 0.15) is 32.0 Å². The lowest BCUT2D eigenvalue weighted by Crippen LogP contribution is -2.35. The zero-order chi connectivity index (χ0) is 15.8. The van der Waals surface area contributed by atoms with E-state index in [-0.39, 0.29) is 11.3 Å². The highest BCUT2D eigenvalue weighted by atomic mass is 35.5. The molecule has 1 amide bonds. The molecular weight excluding hydrogens is 290 g/mol. The molecular formula is C15H20ClN3O2. The number of hydrogen-bond donors (Lipinski definition) is 1. The van der Waals surface area contributed by atoms with Crippen molar-refractivity contribution in [3.8, 4) is 5.75 Å². The number of carbonyl (C=O) groups is 1. The SMILES string of the molecule is COc1cccc2c1nc(C(C)Cl)n2CC(C)(C)C(N)=O. The van der Waals surface area contributed by atoms with Crippen molar-refractivity contribution in [3.63, 3.8) is 0 Å². The average molecular weight is 310 g/mol. The van der Waals surface area contributed by atoms with Crippen molar-refractivity contribution in [1.29, 1.82) is 0 Å². The Morgan fingerprint density at radius 1 is 1.52 bits per heavy atom. The molecule has 1 atom stereocenters. The number of rotatable bonds is 5. The number of nitrogens with two attached hydrogens (primary N) is 1. The van der Waals surface area contributed by atoms with Crippen LogP contribution in [0.3, 0.4) is 0 Å². The zero-order valence-electron chi connectivity index (χ0n) is 12.7. The lowest BCUT2D eigenvalue weighted by Gasteiger charge is -2.23. The van der Waals surface area contributed by atoms with Gasteiger partial charge in [-0.25, -0.2) is 4.98 Å². The summed E-state index contributed by atoms with van der Waals surface area (Å²) in [6, 6.07) is 5.67. The zero-order valence-corrected chi connectivity index (χ0v) is 13.4. The van der Waals surface area contributed by atoms with E-state index in [4.69, 9.17) is 22.1 Å². The fraction of sp³-hybridized carbons (Fsp3) is 0.467. The number of carbonyl (C=O) groups excluding carboxylic acids is 1. The maximum absolute atomic E-state index is 11.6. The molecule has 0 saturated heterocycles. The second kappa shape index (κ2) is 5.56. The molecule has 0 aliphatic heterocycles. The Balaban J connectivity index is 2.65. The highest BCUT2D eigenvalue weighted by Gasteiger charge is 2.29. The number of alkyl halides is 1. The molecule has 2 rings (SSSR count). The van der Waals surface area contributed by atoms with Crippen molar-refractivity contribution in [2.75, 3.05) is 7.11 Å². The van der Waals surface area contributed by atoms with Crippen molar-refractivity contribution >= 4 is 28.5 Å². The van der Waals surface area contributed by atoms with E-state index in [1.807, 2.05) is 43.5 Å². The van der Waals surface area contributed by atoms with Crippen LogP contribution in [-0.2, 0) is 11.3 Å². The van der Waals surface area contributed by atoms with E-state index >= 15 is 0 Å². The minimum atomic E-state index is -0.697. The summed E-state index contributed by atoms with van der Waals surface area (Å²) >= 11 is 6.24. The van der Waals surface area contributed by atoms with Gasteiger partial charge in [0.05, 0.1) is 23.4 Å². The third-order valence-corrected chi connectivity index (χ3v) is 3.76. The molecule has 0 bridgehead atoms. The Labute approximate surface area is 129 Å². The molecule has 1 aromatic carbocycles. The van der Waals surface area contributed by atoms with Crippen LogP contribution in [0.15, 0.2) is 18.2 Å². The number of ether oxygens (including phenoxy) is 1. The summed E-state index contributed by atoms with van der Waals surface area (Å²) in [5, 5.41) is -0.286. The summed E-state index contributed by atoms with van der Waals surface area (Å²) in [7, 11) is 1.60. The number of methoxy groups -OCH3 is 1. The number of para-hydroxylation sites is 1. The maximum Gasteiger partial charge on any atom is 0.224 e. The molecule has 0 radical (unpaired) electrons. The standard InChI is InChI=1S/C15H20ClN3O2/c1-9(16)13-18-12-10(6-5-7-11(12)21-4)19(13)8-15(2,3)14(17)20/h5-7,9H,8H2,1-4H3,(H2,17,20). The monoisotopic (exact) mass is 309 g/mol. The van der Waals surface area contributed by atoms with E-state index in [2.05, 4.69) is 4.98 Å². The van der Waals surface area contributed by atoms with Gasteiger partial charge in [-0.1, -0.05) is 6.07 Å². The summed E-state index contributed by atoms with van der Waals surface area (Å²) in [6.45, 7) is 5.88. The van der Waals surface area contributed by atoms with E-state index in [1.54, 1.807) is 7.11 Å². The van der Waals surface area contributed by atoms with Gasteiger partial charge in [-0.15, -0.1) is 11.6 Å². The predicted octanol–water partition coefficient (Wildman–Crippen LogP) is 2.86. The summed E-state index contributed by atoms with van der Waals surface area (Å²) < 4.78 is 7.29. The molecule has 6 heteroatoms. The van der Waals surface area contributed by atoms with Gasteiger partial charge in [-0.05, 0) is 32.9 Å². The van der Waals surface area contributed by atoms with E-state index in [0.29, 0.717) is 18.1 Å². The molecule has 0 aliphatic rings. The summed E-state index contributed by atoms with van der Waals surface area (Å²) in [4.78, 5) is 16.2. The van der Waals surface area contributed by atoms with Gasteiger partial charge < -0.3 is 15.0 Å². The molecule has 0 aliphatic carbocycles. The number of benzene rings is 1. The van der Waals surface area contributed by atoms with Crippen LogP contribution in [0.2, 0.25) is 0 Å². The average Bonchev–Trinajstić information content (AvgIpc) is 2.77. The number of amides is 1. The molecule has 0 fully saturated rings. The van der Waals surface area contributed by atoms with E-state index in [0.717, 1.165) is 11.0 Å². The molecule has 1 heterocycles. The lowest BCUT2D eigenvalue weighted by atomic mass is 9.92. The Hall–Kier alpha value is -1.75. The largest absolute Gasteiger partial charge is 0.494 e. The first kappa shape index (κ1) is 15.6. The van der Waals surface area contributed by atoms with Crippen LogP contribution in [0.4, 0.5) is 0 Å². The third-order valence-electron chi connectivity index (χ3n) is 3.57. The fourth-order valence-electron chi connectivity index (χ4n) is 2.25. The van der Waals surface area contributed by atoms with Crippen molar-refractivity contribution < 1.29 is 9.53 Å². The second-order valence-electron chi connectivity index (χ2n) is 5.75. The van der Waals surface area contributed by atoms with E-state index in [9.17, 15) is 4.79 Å². The maximum atomic E-state index is 11.6. The van der Waals surface area contributed by atoms with Gasteiger partial charge in [0.1, 0.15) is 17.1 Å². The van der Waals surface area contributed by atoms with Crippen LogP contribution in [0, 0.1) is 5.41 Å². The van der Waals surface area contributed by atoms with Crippen molar-refractivity contribution in [3.05, 3.63) is 24.0 Å². The molecule has 114 valence electrons. The Morgan fingerprint density at radius 2 is 2.19 bits per heavy atom. The van der Waals surface area contributed by atoms with Gasteiger partial charge in [0, 0.05) is 6.54 Å². The van der Waals surface area contributed by atoms with Crippen LogP contribution in [0.25, 0.3) is 11.0 Å². The highest BCUT2D eigenvalue weighted by molar-refractivity contribution is 6.20. The number of nitrogens with zero attached hydrogens (tertiary/aromatic N) is 2. The molecule has 5 nitrogen and oxygen atoms in total. The Kier molecular flexibility index (Phi) is 4.14. The number of fused-ring (bicyclic) bond motifs is 1. The fourth-order valence-corrected chi connectivity index (χ4v) is 2.41. The summed E-state index contributed by atoms with van der Waals surface area (Å²) in [6.07, 6.45) is 0. The van der Waals surface area contributed by atoms with Crippen molar-refractivity contribution in [2.24, 2.45) is 11.1 Å². The molecule has 2 aromatic rings. The number of primary amides is 1. The summed E-state index contributed by atoms with van der Waals surface area (Å²) in [5.41, 5.74) is 6.40. The quantitative estimate of drug-likeness (QED) is 0.863. The van der Waals surface area contributed by atoms with Gasteiger partial charge in [0.25, 0.3) is 0 Å². The van der Waals surface area contributed by atoms with Crippen LogP contribution in [-0.4, -0.2) is 22.6 Å². The first-order chi connectivity index (χ1) is 9.77. The number of halogens is 1. The number of hydrogen-bond acceptors (Lipinski definition) is 3. The minimum Gasteiger partial charge on any atom is -0.494 e. The predicted molar refractivity (Wildman–Crippen MR) is 83.5 cm³/mol.